The van der Waals surface area contributed by atoms with E-state index in [4.69, 9.17) is 10.5 Å². The van der Waals surface area contributed by atoms with Crippen LogP contribution in [0.15, 0.2) is 0 Å². The van der Waals surface area contributed by atoms with E-state index in [0.29, 0.717) is 13.1 Å². The fraction of sp³-hybridized carbons (Fsp3) is 0.933. The molecule has 1 rings (SSSR count). The first-order valence-electron chi connectivity index (χ1n) is 7.72. The third-order valence-corrected chi connectivity index (χ3v) is 4.23. The third kappa shape index (κ3) is 4.77. The summed E-state index contributed by atoms with van der Waals surface area (Å²) >= 11 is 0. The number of nitrogens with one attached hydrogen (secondary N) is 1. The Morgan fingerprint density at radius 2 is 2.05 bits per heavy atom. The summed E-state index contributed by atoms with van der Waals surface area (Å²) in [5, 5.41) is 2.80. The van der Waals surface area contributed by atoms with E-state index in [9.17, 15) is 4.79 Å². The van der Waals surface area contributed by atoms with Crippen LogP contribution in [-0.4, -0.2) is 30.7 Å². The molecule has 0 bridgehead atoms. The molecule has 0 radical (unpaired) electrons. The number of hydrogen-bond donors (Lipinski definition) is 2. The maximum absolute atomic E-state index is 11.8. The summed E-state index contributed by atoms with van der Waals surface area (Å²) in [6, 6.07) is 0. The molecule has 1 fully saturated rings. The van der Waals surface area contributed by atoms with Crippen LogP contribution in [0.25, 0.3) is 0 Å². The quantitative estimate of drug-likeness (QED) is 0.745. The van der Waals surface area contributed by atoms with E-state index >= 15 is 0 Å². The van der Waals surface area contributed by atoms with E-state index in [1.165, 1.54) is 25.7 Å². The lowest BCUT2D eigenvalue weighted by molar-refractivity contribution is -0.150. The molecule has 1 unspecified atom stereocenters. The minimum absolute atomic E-state index is 0.0361. The van der Waals surface area contributed by atoms with Gasteiger partial charge < -0.3 is 15.8 Å². The first kappa shape index (κ1) is 16.4. The number of ether oxygens (including phenoxy) is 1. The van der Waals surface area contributed by atoms with Crippen LogP contribution in [0.2, 0.25) is 0 Å². The van der Waals surface area contributed by atoms with Crippen molar-refractivity contribution in [2.24, 2.45) is 11.7 Å². The van der Waals surface area contributed by atoms with Gasteiger partial charge >= 0.3 is 0 Å². The number of carbonyl (C=O) groups excluding carboxylic acids is 1. The maximum Gasteiger partial charge on any atom is 0.248 e. The summed E-state index contributed by atoms with van der Waals surface area (Å²) in [7, 11) is 0. The third-order valence-electron chi connectivity index (χ3n) is 4.23. The second kappa shape index (κ2) is 7.85. The summed E-state index contributed by atoms with van der Waals surface area (Å²) in [4.78, 5) is 11.8. The SMILES string of the molecule is CCCC1CCC(CN)(OC(C)C(=O)NCC)CC1. The monoisotopic (exact) mass is 270 g/mol. The molecule has 0 spiro atoms. The Labute approximate surface area is 117 Å². The van der Waals surface area contributed by atoms with Crippen LogP contribution >= 0.6 is 0 Å². The van der Waals surface area contributed by atoms with Crippen molar-refractivity contribution in [3.05, 3.63) is 0 Å². The molecule has 1 aliphatic rings. The molecule has 19 heavy (non-hydrogen) atoms. The van der Waals surface area contributed by atoms with E-state index in [1.807, 2.05) is 13.8 Å². The van der Waals surface area contributed by atoms with Gasteiger partial charge in [0.2, 0.25) is 5.91 Å². The summed E-state index contributed by atoms with van der Waals surface area (Å²) in [5.41, 5.74) is 5.64. The highest BCUT2D eigenvalue weighted by molar-refractivity contribution is 5.80. The van der Waals surface area contributed by atoms with E-state index in [-0.39, 0.29) is 11.5 Å². The van der Waals surface area contributed by atoms with E-state index in [0.717, 1.165) is 18.8 Å². The van der Waals surface area contributed by atoms with Gasteiger partial charge in [-0.25, -0.2) is 0 Å². The van der Waals surface area contributed by atoms with Gasteiger partial charge in [-0.3, -0.25) is 4.79 Å². The first-order chi connectivity index (χ1) is 9.06. The number of likely N-dealkylation sites (N-methyl/N-ethyl adjacent to an activating group) is 1. The topological polar surface area (TPSA) is 64.3 Å². The molecule has 0 saturated heterocycles. The van der Waals surface area contributed by atoms with Crippen LogP contribution in [0.4, 0.5) is 0 Å². The molecule has 0 aromatic heterocycles. The normalized spacial score (nSPS) is 28.9. The smallest absolute Gasteiger partial charge is 0.248 e. The average Bonchev–Trinajstić information content (AvgIpc) is 2.41. The standard InChI is InChI=1S/C15H30N2O2/c1-4-6-13-7-9-15(11-16,10-8-13)19-12(3)14(18)17-5-2/h12-13H,4-11,16H2,1-3H3,(H,17,18). The highest BCUT2D eigenvalue weighted by atomic mass is 16.5. The second-order valence-electron chi connectivity index (χ2n) is 5.77. The van der Waals surface area contributed by atoms with E-state index in [1.54, 1.807) is 0 Å². The maximum atomic E-state index is 11.8. The Bertz CT molecular complexity index is 273. The van der Waals surface area contributed by atoms with Gasteiger partial charge in [0.05, 0.1) is 5.60 Å². The fourth-order valence-corrected chi connectivity index (χ4v) is 3.02. The zero-order chi connectivity index (χ0) is 14.3. The molecule has 1 amide bonds. The number of amides is 1. The number of nitrogens with two attached hydrogens (primary N) is 1. The molecule has 3 N–H and O–H groups in total. The van der Waals surface area contributed by atoms with Gasteiger partial charge in [-0.1, -0.05) is 19.8 Å². The highest BCUT2D eigenvalue weighted by Crippen LogP contribution is 2.37. The second-order valence-corrected chi connectivity index (χ2v) is 5.77. The summed E-state index contributed by atoms with van der Waals surface area (Å²) < 4.78 is 6.03. The van der Waals surface area contributed by atoms with Crippen LogP contribution in [0, 0.1) is 5.92 Å². The summed E-state index contributed by atoms with van der Waals surface area (Å²) in [6.45, 7) is 7.12. The molecule has 0 aromatic carbocycles. The van der Waals surface area contributed by atoms with Gasteiger partial charge in [0.1, 0.15) is 6.10 Å². The number of hydrogen-bond acceptors (Lipinski definition) is 3. The lowest BCUT2D eigenvalue weighted by Crippen LogP contribution is -2.49. The Balaban J connectivity index is 2.51. The van der Waals surface area contributed by atoms with Crippen LogP contribution in [0.1, 0.15) is 59.3 Å². The lowest BCUT2D eigenvalue weighted by Gasteiger charge is -2.40. The molecule has 1 aliphatic carbocycles. The predicted molar refractivity (Wildman–Crippen MR) is 77.9 cm³/mol. The lowest BCUT2D eigenvalue weighted by atomic mass is 9.77. The average molecular weight is 270 g/mol. The molecule has 0 heterocycles. The number of carbonyl (C=O) groups is 1. The van der Waals surface area contributed by atoms with Crippen molar-refractivity contribution in [2.75, 3.05) is 13.1 Å². The van der Waals surface area contributed by atoms with Crippen molar-refractivity contribution in [3.8, 4) is 0 Å². The zero-order valence-corrected chi connectivity index (χ0v) is 12.7. The van der Waals surface area contributed by atoms with Crippen LogP contribution < -0.4 is 11.1 Å². The molecule has 4 heteroatoms. The first-order valence-corrected chi connectivity index (χ1v) is 7.72. The predicted octanol–water partition coefficient (Wildman–Crippen LogP) is 2.22. The van der Waals surface area contributed by atoms with Gasteiger partial charge in [0.25, 0.3) is 0 Å². The summed E-state index contributed by atoms with van der Waals surface area (Å²) in [5.74, 6) is 0.777. The molecule has 1 atom stereocenters. The van der Waals surface area contributed by atoms with Gasteiger partial charge in [-0.2, -0.15) is 0 Å². The van der Waals surface area contributed by atoms with Crippen LogP contribution in [-0.2, 0) is 9.53 Å². The van der Waals surface area contributed by atoms with Crippen molar-refractivity contribution in [2.45, 2.75) is 71.0 Å². The zero-order valence-electron chi connectivity index (χ0n) is 12.7. The molecule has 4 nitrogen and oxygen atoms in total. The largest absolute Gasteiger partial charge is 0.361 e. The van der Waals surface area contributed by atoms with Crippen molar-refractivity contribution in [1.29, 1.82) is 0 Å². The van der Waals surface area contributed by atoms with Gasteiger partial charge in [0, 0.05) is 13.1 Å². The Morgan fingerprint density at radius 1 is 1.42 bits per heavy atom. The molecule has 0 aromatic rings. The van der Waals surface area contributed by atoms with Crippen molar-refractivity contribution in [1.82, 2.24) is 5.32 Å². The van der Waals surface area contributed by atoms with Gasteiger partial charge in [-0.05, 0) is 45.4 Å². The number of rotatable bonds is 7. The van der Waals surface area contributed by atoms with Crippen LogP contribution in [0.5, 0.6) is 0 Å². The Kier molecular flexibility index (Phi) is 6.80. The minimum atomic E-state index is -0.411. The van der Waals surface area contributed by atoms with E-state index < -0.39 is 6.10 Å². The van der Waals surface area contributed by atoms with Crippen LogP contribution in [0.3, 0.4) is 0 Å². The van der Waals surface area contributed by atoms with E-state index in [2.05, 4.69) is 12.2 Å². The van der Waals surface area contributed by atoms with Crippen molar-refractivity contribution < 1.29 is 9.53 Å². The van der Waals surface area contributed by atoms with Gasteiger partial charge in [-0.15, -0.1) is 0 Å². The highest BCUT2D eigenvalue weighted by Gasteiger charge is 2.37. The molecular formula is C15H30N2O2. The van der Waals surface area contributed by atoms with Crippen molar-refractivity contribution >= 4 is 5.91 Å². The summed E-state index contributed by atoms with van der Waals surface area (Å²) in [6.07, 6.45) is 6.45. The molecule has 112 valence electrons. The van der Waals surface area contributed by atoms with Crippen molar-refractivity contribution in [3.63, 3.8) is 0 Å². The Hall–Kier alpha value is -0.610. The van der Waals surface area contributed by atoms with Gasteiger partial charge in [0.15, 0.2) is 0 Å². The minimum Gasteiger partial charge on any atom is -0.361 e. The Morgan fingerprint density at radius 3 is 2.53 bits per heavy atom. The molecule has 0 aliphatic heterocycles. The fourth-order valence-electron chi connectivity index (χ4n) is 3.02. The molecule has 1 saturated carbocycles. The molecular weight excluding hydrogens is 240 g/mol.